The number of carbonyl (C=O) groups excluding carboxylic acids is 1. The van der Waals surface area contributed by atoms with Crippen LogP contribution in [0.25, 0.3) is 0 Å². The van der Waals surface area contributed by atoms with Crippen LogP contribution in [0.4, 0.5) is 0 Å². The number of hydrogen-bond acceptors (Lipinski definition) is 14. The largest absolute Gasteiger partial charge is 0.457 e. The molecule has 56 heavy (non-hydrogen) atoms. The van der Waals surface area contributed by atoms with Crippen LogP contribution in [-0.4, -0.2) is 142 Å². The minimum atomic E-state index is -1.70. The first-order valence-corrected chi connectivity index (χ1v) is 21.8. The zero-order valence-corrected chi connectivity index (χ0v) is 34.4. The zero-order valence-electron chi connectivity index (χ0n) is 34.4. The second-order valence-electron chi connectivity index (χ2n) is 15.5. The van der Waals surface area contributed by atoms with Gasteiger partial charge in [-0.1, -0.05) is 116 Å². The summed E-state index contributed by atoms with van der Waals surface area (Å²) < 4.78 is 34.0. The molecule has 2 saturated heterocycles. The van der Waals surface area contributed by atoms with E-state index in [9.17, 15) is 40.5 Å². The number of aliphatic hydroxyl groups excluding tert-OH is 7. The normalized spacial score (nSPS) is 28.9. The molecule has 0 aromatic heterocycles. The van der Waals surface area contributed by atoms with Gasteiger partial charge in [0.25, 0.3) is 0 Å². The van der Waals surface area contributed by atoms with Crippen molar-refractivity contribution < 1.29 is 69.0 Å². The number of rotatable bonds is 33. The summed E-state index contributed by atoms with van der Waals surface area (Å²) in [6, 6.07) is 0. The third kappa shape index (κ3) is 20.6. The van der Waals surface area contributed by atoms with E-state index in [-0.39, 0.29) is 25.6 Å². The molecule has 14 nitrogen and oxygen atoms in total. The highest BCUT2D eigenvalue weighted by Gasteiger charge is 2.47. The Morgan fingerprint density at radius 2 is 1.05 bits per heavy atom. The van der Waals surface area contributed by atoms with E-state index in [0.29, 0.717) is 13.0 Å². The predicted octanol–water partition coefficient (Wildman–Crippen LogP) is 4.34. The molecule has 0 aliphatic carbocycles. The van der Waals surface area contributed by atoms with Gasteiger partial charge in [0, 0.05) is 13.0 Å². The summed E-state index contributed by atoms with van der Waals surface area (Å²) in [5.74, 6) is -0.386. The van der Waals surface area contributed by atoms with E-state index in [0.717, 1.165) is 57.8 Å². The molecule has 7 N–H and O–H groups in total. The van der Waals surface area contributed by atoms with Crippen molar-refractivity contribution in [2.75, 3.05) is 33.0 Å². The fourth-order valence-corrected chi connectivity index (χ4v) is 6.87. The van der Waals surface area contributed by atoms with Crippen molar-refractivity contribution in [3.63, 3.8) is 0 Å². The van der Waals surface area contributed by atoms with Crippen LogP contribution < -0.4 is 0 Å². The van der Waals surface area contributed by atoms with Crippen LogP contribution in [0.5, 0.6) is 0 Å². The van der Waals surface area contributed by atoms with E-state index >= 15 is 0 Å². The fourth-order valence-electron chi connectivity index (χ4n) is 6.87. The number of carbonyl (C=O) groups is 1. The Morgan fingerprint density at radius 3 is 1.64 bits per heavy atom. The summed E-state index contributed by atoms with van der Waals surface area (Å²) in [5, 5.41) is 71.7. The highest BCUT2D eigenvalue weighted by atomic mass is 16.7. The SMILES string of the molecule is CCCCCC/C=C\CCCCCCCC(=O)OC(COCCCCCCCCCCC)COC1OC(COC2OC(CO)C(O)C(O)C2O)C(O)C(O)C1O. The molecule has 14 heteroatoms. The second kappa shape index (κ2) is 31.6. The van der Waals surface area contributed by atoms with Crippen molar-refractivity contribution in [1.82, 2.24) is 0 Å². The topological polar surface area (TPSA) is 214 Å². The van der Waals surface area contributed by atoms with Gasteiger partial charge in [-0.3, -0.25) is 4.79 Å². The van der Waals surface area contributed by atoms with Crippen LogP contribution in [0, 0.1) is 0 Å². The van der Waals surface area contributed by atoms with Crippen molar-refractivity contribution in [2.24, 2.45) is 0 Å². The summed E-state index contributed by atoms with van der Waals surface area (Å²) in [4.78, 5) is 12.9. The molecule has 11 unspecified atom stereocenters. The Bertz CT molecular complexity index is 985. The molecule has 2 aliphatic heterocycles. The molecule has 11 atom stereocenters. The van der Waals surface area contributed by atoms with Gasteiger partial charge < -0.3 is 64.2 Å². The Labute approximate surface area is 335 Å². The Hall–Kier alpha value is -1.27. The van der Waals surface area contributed by atoms with E-state index in [4.69, 9.17) is 28.4 Å². The van der Waals surface area contributed by atoms with Crippen LogP contribution in [0.15, 0.2) is 12.2 Å². The lowest BCUT2D eigenvalue weighted by atomic mass is 9.98. The Morgan fingerprint density at radius 1 is 0.571 bits per heavy atom. The maximum absolute atomic E-state index is 12.9. The van der Waals surface area contributed by atoms with E-state index < -0.39 is 80.7 Å². The van der Waals surface area contributed by atoms with E-state index in [1.54, 1.807) is 0 Å². The van der Waals surface area contributed by atoms with Crippen LogP contribution in [0.2, 0.25) is 0 Å². The summed E-state index contributed by atoms with van der Waals surface area (Å²) >= 11 is 0. The first kappa shape index (κ1) is 50.9. The first-order valence-electron chi connectivity index (χ1n) is 21.8. The van der Waals surface area contributed by atoms with Crippen LogP contribution in [-0.2, 0) is 33.2 Å². The highest BCUT2D eigenvalue weighted by Crippen LogP contribution is 2.26. The molecular formula is C42H78O14. The van der Waals surface area contributed by atoms with Crippen molar-refractivity contribution in [3.8, 4) is 0 Å². The minimum Gasteiger partial charge on any atom is -0.457 e. The molecule has 0 aromatic rings. The first-order chi connectivity index (χ1) is 27.1. The number of unbranched alkanes of at least 4 members (excludes halogenated alkanes) is 17. The Kier molecular flexibility index (Phi) is 28.7. The number of ether oxygens (including phenoxy) is 6. The predicted molar refractivity (Wildman–Crippen MR) is 210 cm³/mol. The van der Waals surface area contributed by atoms with Crippen LogP contribution in [0.1, 0.15) is 149 Å². The maximum Gasteiger partial charge on any atom is 0.306 e. The Balaban J connectivity index is 1.83. The van der Waals surface area contributed by atoms with Crippen molar-refractivity contribution in [3.05, 3.63) is 12.2 Å². The maximum atomic E-state index is 12.9. The molecular weight excluding hydrogens is 728 g/mol. The van der Waals surface area contributed by atoms with Crippen molar-refractivity contribution in [1.29, 1.82) is 0 Å². The fraction of sp³-hybridized carbons (Fsp3) is 0.929. The lowest BCUT2D eigenvalue weighted by molar-refractivity contribution is -0.332. The van der Waals surface area contributed by atoms with Gasteiger partial charge in [-0.2, -0.15) is 0 Å². The molecule has 2 heterocycles. The molecule has 0 saturated carbocycles. The van der Waals surface area contributed by atoms with Gasteiger partial charge in [0.2, 0.25) is 0 Å². The lowest BCUT2D eigenvalue weighted by Gasteiger charge is -2.42. The standard InChI is InChI=1S/C42H78O14/c1-3-5-7-9-11-13-14-15-16-17-19-21-23-25-34(44)54-31(28-51-26-24-22-20-18-12-10-8-6-4-2)29-52-41-40(50)38(48)36(46)33(56-41)30-53-42-39(49)37(47)35(45)32(27-43)55-42/h13-14,31-33,35-43,45-50H,3-12,15-30H2,1-2H3/b14-13-. The van der Waals surface area contributed by atoms with Gasteiger partial charge in [-0.05, 0) is 38.5 Å². The van der Waals surface area contributed by atoms with Gasteiger partial charge in [0.15, 0.2) is 12.6 Å². The molecule has 0 aromatic carbocycles. The number of esters is 1. The monoisotopic (exact) mass is 807 g/mol. The smallest absolute Gasteiger partial charge is 0.306 e. The lowest BCUT2D eigenvalue weighted by Crippen LogP contribution is -2.61. The van der Waals surface area contributed by atoms with Gasteiger partial charge in [0.05, 0.1) is 26.4 Å². The summed E-state index contributed by atoms with van der Waals surface area (Å²) in [6.07, 6.45) is 11.5. The third-order valence-corrected chi connectivity index (χ3v) is 10.5. The third-order valence-electron chi connectivity index (χ3n) is 10.5. The molecule has 0 bridgehead atoms. The second-order valence-corrected chi connectivity index (χ2v) is 15.5. The van der Waals surface area contributed by atoms with Crippen molar-refractivity contribution in [2.45, 2.75) is 216 Å². The summed E-state index contributed by atoms with van der Waals surface area (Å²) in [6.45, 7) is 3.63. The summed E-state index contributed by atoms with van der Waals surface area (Å²) in [7, 11) is 0. The van der Waals surface area contributed by atoms with Gasteiger partial charge >= 0.3 is 5.97 Å². The molecule has 330 valence electrons. The molecule has 0 spiro atoms. The number of allylic oxidation sites excluding steroid dienone is 2. The molecule has 0 radical (unpaired) electrons. The average molecular weight is 807 g/mol. The van der Waals surface area contributed by atoms with Crippen LogP contribution in [0.3, 0.4) is 0 Å². The average Bonchev–Trinajstić information content (AvgIpc) is 3.19. The van der Waals surface area contributed by atoms with Crippen molar-refractivity contribution >= 4 is 5.97 Å². The summed E-state index contributed by atoms with van der Waals surface area (Å²) in [5.41, 5.74) is 0. The van der Waals surface area contributed by atoms with Gasteiger partial charge in [-0.25, -0.2) is 0 Å². The van der Waals surface area contributed by atoms with Crippen LogP contribution >= 0.6 is 0 Å². The molecule has 2 fully saturated rings. The number of hydrogen-bond donors (Lipinski definition) is 7. The van der Waals surface area contributed by atoms with E-state index in [1.165, 1.54) is 64.2 Å². The quantitative estimate of drug-likeness (QED) is 0.0279. The minimum absolute atomic E-state index is 0.0620. The van der Waals surface area contributed by atoms with Gasteiger partial charge in [-0.15, -0.1) is 0 Å². The zero-order chi connectivity index (χ0) is 41.0. The highest BCUT2D eigenvalue weighted by molar-refractivity contribution is 5.69. The number of aliphatic hydroxyl groups is 7. The van der Waals surface area contributed by atoms with Gasteiger partial charge in [0.1, 0.15) is 54.9 Å². The molecule has 0 amide bonds. The molecule has 2 aliphatic rings. The van der Waals surface area contributed by atoms with E-state index in [2.05, 4.69) is 26.0 Å². The van der Waals surface area contributed by atoms with E-state index in [1.807, 2.05) is 0 Å². The molecule has 2 rings (SSSR count).